The first-order chi connectivity index (χ1) is 11.6. The molecule has 2 rings (SSSR count). The van der Waals surface area contributed by atoms with Crippen LogP contribution in [0, 0.1) is 0 Å². The number of benzene rings is 1. The number of carbonyl (C=O) groups excluding carboxylic acids is 1. The summed E-state index contributed by atoms with van der Waals surface area (Å²) in [5.41, 5.74) is 5.06. The molecule has 1 heterocycles. The van der Waals surface area contributed by atoms with Crippen molar-refractivity contribution in [1.82, 2.24) is 0 Å². The summed E-state index contributed by atoms with van der Waals surface area (Å²) in [4.78, 5) is 21.6. The highest BCUT2D eigenvalue weighted by molar-refractivity contribution is 5.77. The van der Waals surface area contributed by atoms with Gasteiger partial charge in [-0.25, -0.2) is 9.59 Å². The molecule has 2 aromatic rings. The molecule has 0 aliphatic rings. The Balaban J connectivity index is 1.58. The molecule has 6 heteroatoms. The fourth-order valence-corrected chi connectivity index (χ4v) is 2.40. The van der Waals surface area contributed by atoms with Gasteiger partial charge in [0.2, 0.25) is 0 Å². The molecular weight excluding hydrogens is 310 g/mol. The number of unbranched alkanes of at least 4 members (excludes halogenated alkanes) is 5. The molecule has 1 aromatic heterocycles. The lowest BCUT2D eigenvalue weighted by molar-refractivity contribution is 0.154. The predicted molar refractivity (Wildman–Crippen MR) is 91.2 cm³/mol. The molecule has 0 fully saturated rings. The molecule has 0 aliphatic heterocycles. The number of hydrogen-bond acceptors (Lipinski definition) is 5. The highest BCUT2D eigenvalue weighted by Gasteiger charge is 2.01. The summed E-state index contributed by atoms with van der Waals surface area (Å²) in [5.74, 6) is 0.709. The quantitative estimate of drug-likeness (QED) is 0.530. The molecule has 1 amide bonds. The van der Waals surface area contributed by atoms with Gasteiger partial charge in [0.1, 0.15) is 11.3 Å². The van der Waals surface area contributed by atoms with Crippen LogP contribution in [0.5, 0.6) is 5.75 Å². The van der Waals surface area contributed by atoms with Crippen LogP contribution in [-0.2, 0) is 4.74 Å². The Hall–Kier alpha value is -2.50. The first kappa shape index (κ1) is 17.8. The zero-order valence-electron chi connectivity index (χ0n) is 13.7. The largest absolute Gasteiger partial charge is 0.493 e. The molecule has 130 valence electrons. The van der Waals surface area contributed by atoms with Gasteiger partial charge in [-0.05, 0) is 31.0 Å². The van der Waals surface area contributed by atoms with E-state index < -0.39 is 6.09 Å². The lowest BCUT2D eigenvalue weighted by Crippen LogP contribution is -2.13. The minimum Gasteiger partial charge on any atom is -0.493 e. The third kappa shape index (κ3) is 6.32. The maximum atomic E-state index is 11.2. The SMILES string of the molecule is NC(=O)OCCCCCCCCOc1ccc2ccc(=O)oc2c1. The second-order valence-corrected chi connectivity index (χ2v) is 5.59. The number of carbonyl (C=O) groups is 1. The van der Waals surface area contributed by atoms with Crippen LogP contribution >= 0.6 is 0 Å². The van der Waals surface area contributed by atoms with E-state index in [2.05, 4.69) is 4.74 Å². The van der Waals surface area contributed by atoms with Gasteiger partial charge in [-0.2, -0.15) is 0 Å². The van der Waals surface area contributed by atoms with E-state index in [4.69, 9.17) is 14.9 Å². The van der Waals surface area contributed by atoms with Crippen molar-refractivity contribution in [3.63, 3.8) is 0 Å². The van der Waals surface area contributed by atoms with Crippen LogP contribution in [0.2, 0.25) is 0 Å². The van der Waals surface area contributed by atoms with Crippen molar-refractivity contribution in [1.29, 1.82) is 0 Å². The fourth-order valence-electron chi connectivity index (χ4n) is 2.40. The molecular formula is C18H23NO5. The first-order valence-electron chi connectivity index (χ1n) is 8.24. The normalized spacial score (nSPS) is 10.7. The minimum atomic E-state index is -0.708. The van der Waals surface area contributed by atoms with Crippen LogP contribution in [-0.4, -0.2) is 19.3 Å². The predicted octanol–water partition coefficient (Wildman–Crippen LogP) is 3.61. The number of fused-ring (bicyclic) bond motifs is 1. The summed E-state index contributed by atoms with van der Waals surface area (Å²) < 4.78 is 15.5. The average Bonchev–Trinajstić information content (AvgIpc) is 2.56. The smallest absolute Gasteiger partial charge is 0.404 e. The summed E-state index contributed by atoms with van der Waals surface area (Å²) in [5, 5.41) is 0.877. The van der Waals surface area contributed by atoms with Crippen LogP contribution in [0.25, 0.3) is 11.0 Å². The van der Waals surface area contributed by atoms with Crippen molar-refractivity contribution in [2.45, 2.75) is 38.5 Å². The molecule has 0 unspecified atom stereocenters. The van der Waals surface area contributed by atoms with Crippen molar-refractivity contribution in [2.75, 3.05) is 13.2 Å². The van der Waals surface area contributed by atoms with Gasteiger partial charge in [0.15, 0.2) is 0 Å². The number of ether oxygens (including phenoxy) is 2. The molecule has 0 atom stereocenters. The molecule has 24 heavy (non-hydrogen) atoms. The van der Waals surface area contributed by atoms with Crippen LogP contribution in [0.15, 0.2) is 39.5 Å². The van der Waals surface area contributed by atoms with Crippen molar-refractivity contribution in [3.05, 3.63) is 40.8 Å². The molecule has 0 bridgehead atoms. The number of primary amides is 1. The highest BCUT2D eigenvalue weighted by atomic mass is 16.5. The second-order valence-electron chi connectivity index (χ2n) is 5.59. The summed E-state index contributed by atoms with van der Waals surface area (Å²) in [6.07, 6.45) is 5.43. The summed E-state index contributed by atoms with van der Waals surface area (Å²) in [6.45, 7) is 1.03. The van der Waals surface area contributed by atoms with E-state index in [1.807, 2.05) is 12.1 Å². The Bertz CT molecular complexity index is 710. The van der Waals surface area contributed by atoms with Gasteiger partial charge < -0.3 is 19.6 Å². The molecule has 2 N–H and O–H groups in total. The van der Waals surface area contributed by atoms with E-state index in [0.717, 1.165) is 43.9 Å². The molecule has 6 nitrogen and oxygen atoms in total. The van der Waals surface area contributed by atoms with Crippen LogP contribution in [0.1, 0.15) is 38.5 Å². The van der Waals surface area contributed by atoms with Gasteiger partial charge in [0.25, 0.3) is 0 Å². The average molecular weight is 333 g/mol. The molecule has 1 aromatic carbocycles. The zero-order valence-corrected chi connectivity index (χ0v) is 13.7. The van der Waals surface area contributed by atoms with Gasteiger partial charge in [0, 0.05) is 17.5 Å². The number of nitrogens with two attached hydrogens (primary N) is 1. The minimum absolute atomic E-state index is 0.360. The molecule has 0 aliphatic carbocycles. The maximum Gasteiger partial charge on any atom is 0.404 e. The monoisotopic (exact) mass is 333 g/mol. The lowest BCUT2D eigenvalue weighted by Gasteiger charge is -2.07. The second kappa shape index (κ2) is 9.60. The Morgan fingerprint density at radius 3 is 2.38 bits per heavy atom. The fraction of sp³-hybridized carbons (Fsp3) is 0.444. The van der Waals surface area contributed by atoms with Gasteiger partial charge in [-0.15, -0.1) is 0 Å². The Morgan fingerprint density at radius 2 is 1.62 bits per heavy atom. The van der Waals surface area contributed by atoms with Crippen molar-refractivity contribution in [3.8, 4) is 5.75 Å². The van der Waals surface area contributed by atoms with Crippen molar-refractivity contribution < 1.29 is 18.7 Å². The molecule has 0 saturated carbocycles. The Morgan fingerprint density at radius 1 is 0.958 bits per heavy atom. The molecule has 0 saturated heterocycles. The Kier molecular flexibility index (Phi) is 7.14. The van der Waals surface area contributed by atoms with E-state index in [9.17, 15) is 9.59 Å². The van der Waals surface area contributed by atoms with E-state index in [-0.39, 0.29) is 5.63 Å². The van der Waals surface area contributed by atoms with E-state index in [1.165, 1.54) is 6.07 Å². The lowest BCUT2D eigenvalue weighted by atomic mass is 10.1. The van der Waals surface area contributed by atoms with Crippen LogP contribution in [0.3, 0.4) is 0 Å². The zero-order chi connectivity index (χ0) is 17.2. The van der Waals surface area contributed by atoms with Crippen LogP contribution in [0.4, 0.5) is 4.79 Å². The highest BCUT2D eigenvalue weighted by Crippen LogP contribution is 2.19. The number of hydrogen-bond donors (Lipinski definition) is 1. The Labute approximate surface area is 140 Å². The van der Waals surface area contributed by atoms with Gasteiger partial charge in [-0.1, -0.05) is 25.7 Å². The van der Waals surface area contributed by atoms with Gasteiger partial charge in [-0.3, -0.25) is 0 Å². The third-order valence-electron chi connectivity index (χ3n) is 3.65. The summed E-state index contributed by atoms with van der Waals surface area (Å²) >= 11 is 0. The van der Waals surface area contributed by atoms with Gasteiger partial charge in [0.05, 0.1) is 13.2 Å². The maximum absolute atomic E-state index is 11.2. The molecule has 0 spiro atoms. The standard InChI is InChI=1S/C18H23NO5/c19-18(21)23-12-6-4-2-1-3-5-11-22-15-9-7-14-8-10-17(20)24-16(14)13-15/h7-10,13H,1-6,11-12H2,(H2,19,21). The molecule has 0 radical (unpaired) electrons. The van der Waals surface area contributed by atoms with E-state index in [0.29, 0.717) is 24.5 Å². The van der Waals surface area contributed by atoms with Crippen LogP contribution < -0.4 is 16.1 Å². The van der Waals surface area contributed by atoms with Crippen molar-refractivity contribution in [2.24, 2.45) is 5.73 Å². The van der Waals surface area contributed by atoms with E-state index >= 15 is 0 Å². The third-order valence-corrected chi connectivity index (χ3v) is 3.65. The number of rotatable bonds is 10. The van der Waals surface area contributed by atoms with Gasteiger partial charge >= 0.3 is 11.7 Å². The summed E-state index contributed by atoms with van der Waals surface area (Å²) in [6, 6.07) is 8.64. The van der Waals surface area contributed by atoms with Crippen molar-refractivity contribution >= 4 is 17.1 Å². The van der Waals surface area contributed by atoms with E-state index in [1.54, 1.807) is 12.1 Å². The summed E-state index contributed by atoms with van der Waals surface area (Å²) in [7, 11) is 0. The number of amides is 1. The first-order valence-corrected chi connectivity index (χ1v) is 8.24. The topological polar surface area (TPSA) is 91.8 Å².